The van der Waals surface area contributed by atoms with E-state index in [1.165, 1.54) is 35.4 Å². The highest BCUT2D eigenvalue weighted by Gasteiger charge is 2.35. The molecule has 1 fully saturated rings. The Hall–Kier alpha value is -4.60. The van der Waals surface area contributed by atoms with Crippen LogP contribution in [-0.4, -0.2) is 60.2 Å². The standard InChI is InChI=1S/C33H34F3N9O2S/c1-3-21(4-2)25-17-22-19-41-32(42-23-5-6-28(26(18-23)33(34,35)36)44-15-13-38-14-16-44)43-29(22)45(31(25)46)20-27-30(40-12-11-39-27)48(47)24-7-9-37-10-8-24/h5-12,17-19,21,38H,3-4,13-16,20H2,1-2H3,(H,41,42,43). The van der Waals surface area contributed by atoms with E-state index >= 15 is 0 Å². The van der Waals surface area contributed by atoms with E-state index in [1.54, 1.807) is 35.4 Å². The van der Waals surface area contributed by atoms with Gasteiger partial charge in [-0.3, -0.25) is 19.3 Å². The van der Waals surface area contributed by atoms with E-state index in [1.807, 2.05) is 13.8 Å². The summed E-state index contributed by atoms with van der Waals surface area (Å²) >= 11 is -1.71. The van der Waals surface area contributed by atoms with Gasteiger partial charge in [0.15, 0.2) is 4.90 Å². The minimum Gasteiger partial charge on any atom is -0.605 e. The molecule has 5 aromatic rings. The minimum absolute atomic E-state index is 0.00807. The van der Waals surface area contributed by atoms with Gasteiger partial charge in [-0.2, -0.15) is 18.2 Å². The van der Waals surface area contributed by atoms with E-state index in [2.05, 4.69) is 35.6 Å². The number of nitrogens with one attached hydrogen (secondary N) is 2. The number of alkyl halides is 3. The number of aromatic nitrogens is 6. The Kier molecular flexibility index (Phi) is 9.89. The average Bonchev–Trinajstić information content (AvgIpc) is 3.11. The zero-order valence-corrected chi connectivity index (χ0v) is 27.2. The molecule has 0 saturated carbocycles. The first-order valence-electron chi connectivity index (χ1n) is 15.6. The highest BCUT2D eigenvalue weighted by atomic mass is 32.2. The lowest BCUT2D eigenvalue weighted by Gasteiger charge is -2.31. The molecule has 1 aliphatic rings. The van der Waals surface area contributed by atoms with Crippen molar-refractivity contribution in [1.82, 2.24) is 34.8 Å². The van der Waals surface area contributed by atoms with Crippen LogP contribution in [0.3, 0.4) is 0 Å². The van der Waals surface area contributed by atoms with Crippen LogP contribution in [-0.2, 0) is 23.9 Å². The maximum absolute atomic E-state index is 14.2. The maximum Gasteiger partial charge on any atom is 0.418 e. The quantitative estimate of drug-likeness (QED) is 0.188. The fraction of sp³-hybridized carbons (Fsp3) is 0.333. The van der Waals surface area contributed by atoms with E-state index in [-0.39, 0.29) is 46.0 Å². The molecule has 48 heavy (non-hydrogen) atoms. The maximum atomic E-state index is 14.2. The topological polar surface area (TPSA) is 137 Å². The molecule has 1 atom stereocenters. The molecule has 0 aliphatic carbocycles. The number of benzene rings is 1. The molecule has 5 heterocycles. The SMILES string of the molecule is CCC(CC)c1cc2cnc(Nc3ccc(N4CCNCC4)c(C(F)(F)F)c3)nc2n(Cc2nccnc2[S+]([O-])c2ccncc2)c1=O. The van der Waals surface area contributed by atoms with Gasteiger partial charge in [-0.1, -0.05) is 13.8 Å². The Morgan fingerprint density at radius 3 is 2.44 bits per heavy atom. The number of rotatable bonds is 10. The Morgan fingerprint density at radius 1 is 1.00 bits per heavy atom. The predicted octanol–water partition coefficient (Wildman–Crippen LogP) is 5.27. The molecule has 0 spiro atoms. The first-order valence-corrected chi connectivity index (χ1v) is 16.8. The monoisotopic (exact) mass is 677 g/mol. The molecule has 6 rings (SSSR count). The van der Waals surface area contributed by atoms with Crippen LogP contribution in [0.2, 0.25) is 0 Å². The third kappa shape index (κ3) is 6.98. The Balaban J connectivity index is 1.42. The molecule has 1 aliphatic heterocycles. The molecule has 250 valence electrons. The lowest BCUT2D eigenvalue weighted by molar-refractivity contribution is -0.137. The largest absolute Gasteiger partial charge is 0.605 e. The smallest absolute Gasteiger partial charge is 0.418 e. The van der Waals surface area contributed by atoms with Gasteiger partial charge in [-0.25, -0.2) is 9.97 Å². The predicted molar refractivity (Wildman–Crippen MR) is 177 cm³/mol. The van der Waals surface area contributed by atoms with Crippen LogP contribution in [0.5, 0.6) is 0 Å². The number of anilines is 3. The second-order valence-electron chi connectivity index (χ2n) is 11.3. The zero-order chi connectivity index (χ0) is 33.8. The third-order valence-electron chi connectivity index (χ3n) is 8.38. The zero-order valence-electron chi connectivity index (χ0n) is 26.4. The molecule has 15 heteroatoms. The second-order valence-corrected chi connectivity index (χ2v) is 12.7. The van der Waals surface area contributed by atoms with Crippen LogP contribution in [0.4, 0.5) is 30.5 Å². The van der Waals surface area contributed by atoms with Crippen molar-refractivity contribution in [3.63, 3.8) is 0 Å². The van der Waals surface area contributed by atoms with Crippen molar-refractivity contribution in [3.05, 3.63) is 94.6 Å². The molecule has 2 N–H and O–H groups in total. The van der Waals surface area contributed by atoms with E-state index < -0.39 is 22.9 Å². The van der Waals surface area contributed by atoms with E-state index in [0.717, 1.165) is 18.9 Å². The molecular formula is C33H34F3N9O2S. The first-order chi connectivity index (χ1) is 23.2. The van der Waals surface area contributed by atoms with Crippen molar-refractivity contribution in [2.24, 2.45) is 0 Å². The van der Waals surface area contributed by atoms with Crippen LogP contribution in [0.1, 0.15) is 49.4 Å². The fourth-order valence-electron chi connectivity index (χ4n) is 5.90. The van der Waals surface area contributed by atoms with Gasteiger partial charge in [-0.15, -0.1) is 0 Å². The van der Waals surface area contributed by atoms with Crippen molar-refractivity contribution in [1.29, 1.82) is 0 Å². The van der Waals surface area contributed by atoms with E-state index in [0.29, 0.717) is 47.7 Å². The number of nitrogens with zero attached hydrogens (tertiary/aromatic N) is 7. The normalized spacial score (nSPS) is 14.4. The molecule has 4 aromatic heterocycles. The Labute approximate surface area is 277 Å². The Bertz CT molecular complexity index is 1950. The van der Waals surface area contributed by atoms with Crippen molar-refractivity contribution < 1.29 is 17.7 Å². The lowest BCUT2D eigenvalue weighted by atomic mass is 9.94. The van der Waals surface area contributed by atoms with Crippen LogP contribution >= 0.6 is 0 Å². The van der Waals surface area contributed by atoms with E-state index in [4.69, 9.17) is 0 Å². The van der Waals surface area contributed by atoms with Gasteiger partial charge in [0, 0.05) is 96.6 Å². The molecule has 1 saturated heterocycles. The van der Waals surface area contributed by atoms with Crippen LogP contribution in [0.25, 0.3) is 11.0 Å². The van der Waals surface area contributed by atoms with Gasteiger partial charge in [0.05, 0.1) is 18.3 Å². The summed E-state index contributed by atoms with van der Waals surface area (Å²) < 4.78 is 57.6. The number of pyridine rings is 2. The molecule has 0 bridgehead atoms. The van der Waals surface area contributed by atoms with Crippen LogP contribution < -0.4 is 21.1 Å². The molecule has 11 nitrogen and oxygen atoms in total. The molecule has 1 unspecified atom stereocenters. The average molecular weight is 678 g/mol. The molecule has 0 amide bonds. The van der Waals surface area contributed by atoms with E-state index in [9.17, 15) is 22.5 Å². The van der Waals surface area contributed by atoms with Gasteiger partial charge < -0.3 is 20.1 Å². The molecular weight excluding hydrogens is 643 g/mol. The van der Waals surface area contributed by atoms with Crippen LogP contribution in [0.15, 0.2) is 82.1 Å². The number of hydrogen-bond acceptors (Lipinski definition) is 10. The van der Waals surface area contributed by atoms with Crippen molar-refractivity contribution in [3.8, 4) is 0 Å². The number of hydrogen-bond donors (Lipinski definition) is 2. The number of halogens is 3. The summed E-state index contributed by atoms with van der Waals surface area (Å²) in [5.41, 5.74) is 0.325. The third-order valence-corrected chi connectivity index (χ3v) is 9.77. The summed E-state index contributed by atoms with van der Waals surface area (Å²) in [6.45, 7) is 6.03. The van der Waals surface area contributed by atoms with Gasteiger partial charge in [0.1, 0.15) is 11.3 Å². The van der Waals surface area contributed by atoms with Gasteiger partial charge in [0.25, 0.3) is 10.6 Å². The first kappa shape index (κ1) is 33.3. The van der Waals surface area contributed by atoms with Gasteiger partial charge in [0.2, 0.25) is 5.95 Å². The highest BCUT2D eigenvalue weighted by molar-refractivity contribution is 7.91. The Morgan fingerprint density at radius 2 is 1.73 bits per heavy atom. The van der Waals surface area contributed by atoms with Crippen molar-refractivity contribution in [2.45, 2.75) is 55.2 Å². The second kappa shape index (κ2) is 14.3. The van der Waals surface area contributed by atoms with Crippen LogP contribution in [0, 0.1) is 0 Å². The highest BCUT2D eigenvalue weighted by Crippen LogP contribution is 2.39. The number of piperazine rings is 1. The minimum atomic E-state index is -4.58. The lowest BCUT2D eigenvalue weighted by Crippen LogP contribution is -2.44. The molecule has 0 radical (unpaired) electrons. The summed E-state index contributed by atoms with van der Waals surface area (Å²) in [6.07, 6.45) is 4.37. The molecule has 1 aromatic carbocycles. The summed E-state index contributed by atoms with van der Waals surface area (Å²) in [5, 5.41) is 6.82. The van der Waals surface area contributed by atoms with Gasteiger partial charge in [-0.05, 0) is 43.0 Å². The fourth-order valence-corrected chi connectivity index (χ4v) is 6.98. The summed E-state index contributed by atoms with van der Waals surface area (Å²) in [7, 11) is 0. The summed E-state index contributed by atoms with van der Waals surface area (Å²) in [4.78, 5) is 38.1. The summed E-state index contributed by atoms with van der Waals surface area (Å²) in [5.74, 6) is -0.0260. The summed E-state index contributed by atoms with van der Waals surface area (Å²) in [6, 6.07) is 9.07. The van der Waals surface area contributed by atoms with Gasteiger partial charge >= 0.3 is 6.18 Å². The van der Waals surface area contributed by atoms with Crippen molar-refractivity contribution >= 4 is 39.5 Å². The van der Waals surface area contributed by atoms with Crippen molar-refractivity contribution in [2.75, 3.05) is 36.4 Å². The number of fused-ring (bicyclic) bond motifs is 1.